The molecular formula is C20H26N6O2. The average molecular weight is 382 g/mol. The van der Waals surface area contributed by atoms with E-state index >= 15 is 0 Å². The Kier molecular flexibility index (Phi) is 5.48. The van der Waals surface area contributed by atoms with Gasteiger partial charge in [0.25, 0.3) is 5.56 Å². The van der Waals surface area contributed by atoms with E-state index in [-0.39, 0.29) is 29.6 Å². The van der Waals surface area contributed by atoms with Gasteiger partial charge in [0, 0.05) is 26.0 Å². The molecule has 1 aromatic carbocycles. The lowest BCUT2D eigenvalue weighted by Gasteiger charge is -2.33. The summed E-state index contributed by atoms with van der Waals surface area (Å²) in [5, 5.41) is 3.62. The SMILES string of the molecule is CN(Cc1nc2ccccc2c(=O)[nH]1)C(=O)N[C@@H](Cn1ccnc1)C(C)(C)C. The Morgan fingerprint density at radius 3 is 2.75 bits per heavy atom. The predicted octanol–water partition coefficient (Wildman–Crippen LogP) is 2.38. The number of benzene rings is 1. The van der Waals surface area contributed by atoms with Crippen LogP contribution in [0, 0.1) is 5.41 Å². The quantitative estimate of drug-likeness (QED) is 0.708. The number of aromatic amines is 1. The van der Waals surface area contributed by atoms with Crippen LogP contribution >= 0.6 is 0 Å². The highest BCUT2D eigenvalue weighted by Gasteiger charge is 2.27. The smallest absolute Gasteiger partial charge is 0.317 e. The molecule has 0 saturated heterocycles. The number of imidazole rings is 1. The molecule has 0 unspecified atom stereocenters. The Morgan fingerprint density at radius 2 is 2.07 bits per heavy atom. The zero-order chi connectivity index (χ0) is 20.3. The molecule has 2 aromatic heterocycles. The zero-order valence-corrected chi connectivity index (χ0v) is 16.6. The molecule has 2 N–H and O–H groups in total. The summed E-state index contributed by atoms with van der Waals surface area (Å²) >= 11 is 0. The number of aromatic nitrogens is 4. The molecule has 8 nitrogen and oxygen atoms in total. The second kappa shape index (κ2) is 7.84. The van der Waals surface area contributed by atoms with Gasteiger partial charge in [-0.25, -0.2) is 14.8 Å². The lowest BCUT2D eigenvalue weighted by molar-refractivity contribution is 0.180. The van der Waals surface area contributed by atoms with E-state index in [1.165, 1.54) is 4.90 Å². The highest BCUT2D eigenvalue weighted by molar-refractivity contribution is 5.77. The Labute approximate surface area is 163 Å². The van der Waals surface area contributed by atoms with Crippen LogP contribution in [0.4, 0.5) is 4.79 Å². The number of hydrogen-bond donors (Lipinski definition) is 2. The molecular weight excluding hydrogens is 356 g/mol. The first-order valence-electron chi connectivity index (χ1n) is 9.19. The van der Waals surface area contributed by atoms with Gasteiger partial charge < -0.3 is 19.8 Å². The lowest BCUT2D eigenvalue weighted by atomic mass is 9.86. The summed E-state index contributed by atoms with van der Waals surface area (Å²) in [5.41, 5.74) is 0.265. The molecule has 28 heavy (non-hydrogen) atoms. The average Bonchev–Trinajstić information content (AvgIpc) is 3.13. The fraction of sp³-hybridized carbons (Fsp3) is 0.400. The summed E-state index contributed by atoms with van der Waals surface area (Å²) in [4.78, 5) is 37.8. The summed E-state index contributed by atoms with van der Waals surface area (Å²) < 4.78 is 1.94. The molecule has 0 spiro atoms. The van der Waals surface area contributed by atoms with Crippen molar-refractivity contribution in [2.24, 2.45) is 5.41 Å². The molecule has 148 valence electrons. The van der Waals surface area contributed by atoms with Crippen LogP contribution < -0.4 is 10.9 Å². The Balaban J connectivity index is 1.72. The zero-order valence-electron chi connectivity index (χ0n) is 16.6. The van der Waals surface area contributed by atoms with Gasteiger partial charge in [-0.3, -0.25) is 4.79 Å². The minimum Gasteiger partial charge on any atom is -0.335 e. The van der Waals surface area contributed by atoms with Crippen molar-refractivity contribution in [3.63, 3.8) is 0 Å². The van der Waals surface area contributed by atoms with Crippen LogP contribution in [0.15, 0.2) is 47.8 Å². The summed E-state index contributed by atoms with van der Waals surface area (Å²) in [5.74, 6) is 0.447. The minimum absolute atomic E-state index is 0.0970. The predicted molar refractivity (Wildman–Crippen MR) is 108 cm³/mol. The van der Waals surface area contributed by atoms with Gasteiger partial charge in [0.05, 0.1) is 29.8 Å². The van der Waals surface area contributed by atoms with E-state index < -0.39 is 0 Å². The van der Waals surface area contributed by atoms with Crippen molar-refractivity contribution in [2.45, 2.75) is 39.9 Å². The number of para-hydroxylation sites is 1. The van der Waals surface area contributed by atoms with Gasteiger partial charge >= 0.3 is 6.03 Å². The molecule has 8 heteroatoms. The van der Waals surface area contributed by atoms with Gasteiger partial charge in [-0.15, -0.1) is 0 Å². The van der Waals surface area contributed by atoms with E-state index in [1.54, 1.807) is 37.8 Å². The maximum Gasteiger partial charge on any atom is 0.317 e. The molecule has 3 rings (SSSR count). The molecule has 1 atom stereocenters. The van der Waals surface area contributed by atoms with Gasteiger partial charge in [-0.05, 0) is 17.5 Å². The monoisotopic (exact) mass is 382 g/mol. The molecule has 0 aliphatic heterocycles. The number of carbonyl (C=O) groups excluding carboxylic acids is 1. The topological polar surface area (TPSA) is 95.9 Å². The van der Waals surface area contributed by atoms with Crippen LogP contribution in [0.2, 0.25) is 0 Å². The first-order valence-corrected chi connectivity index (χ1v) is 9.19. The maximum atomic E-state index is 12.8. The van der Waals surface area contributed by atoms with Crippen LogP contribution in [0.3, 0.4) is 0 Å². The number of carbonyl (C=O) groups is 1. The number of urea groups is 1. The molecule has 0 fully saturated rings. The van der Waals surface area contributed by atoms with Crippen LogP contribution in [0.1, 0.15) is 26.6 Å². The van der Waals surface area contributed by atoms with Crippen molar-refractivity contribution in [2.75, 3.05) is 7.05 Å². The number of amides is 2. The third-order valence-corrected chi connectivity index (χ3v) is 4.69. The Hall–Kier alpha value is -3.16. The number of nitrogens with one attached hydrogen (secondary N) is 2. The Morgan fingerprint density at radius 1 is 1.32 bits per heavy atom. The van der Waals surface area contributed by atoms with Crippen LogP contribution in [-0.2, 0) is 13.1 Å². The van der Waals surface area contributed by atoms with E-state index in [1.807, 2.05) is 16.8 Å². The first kappa shape index (κ1) is 19.6. The Bertz CT molecular complexity index is 1000. The van der Waals surface area contributed by atoms with Crippen molar-refractivity contribution in [3.05, 3.63) is 59.2 Å². The maximum absolute atomic E-state index is 12.8. The highest BCUT2D eigenvalue weighted by Crippen LogP contribution is 2.21. The largest absolute Gasteiger partial charge is 0.335 e. The molecule has 3 aromatic rings. The van der Waals surface area contributed by atoms with Crippen molar-refractivity contribution >= 4 is 16.9 Å². The molecule has 2 heterocycles. The van der Waals surface area contributed by atoms with Crippen LogP contribution in [-0.4, -0.2) is 43.5 Å². The third-order valence-electron chi connectivity index (χ3n) is 4.69. The van der Waals surface area contributed by atoms with Gasteiger partial charge in [0.15, 0.2) is 0 Å². The second-order valence-electron chi connectivity index (χ2n) is 8.01. The van der Waals surface area contributed by atoms with Crippen molar-refractivity contribution in [1.82, 2.24) is 29.7 Å². The van der Waals surface area contributed by atoms with Gasteiger partial charge in [-0.1, -0.05) is 32.9 Å². The number of hydrogen-bond acceptors (Lipinski definition) is 4. The van der Waals surface area contributed by atoms with Gasteiger partial charge in [-0.2, -0.15) is 0 Å². The number of fused-ring (bicyclic) bond motifs is 1. The lowest BCUT2D eigenvalue weighted by Crippen LogP contribution is -2.50. The molecule has 0 radical (unpaired) electrons. The summed E-state index contributed by atoms with van der Waals surface area (Å²) in [6.45, 7) is 7.06. The second-order valence-corrected chi connectivity index (χ2v) is 8.01. The van der Waals surface area contributed by atoms with Crippen LogP contribution in [0.25, 0.3) is 10.9 Å². The van der Waals surface area contributed by atoms with Crippen molar-refractivity contribution in [3.8, 4) is 0 Å². The number of nitrogens with zero attached hydrogens (tertiary/aromatic N) is 4. The van der Waals surface area contributed by atoms with Crippen molar-refractivity contribution in [1.29, 1.82) is 0 Å². The van der Waals surface area contributed by atoms with Gasteiger partial charge in [0.1, 0.15) is 5.82 Å². The minimum atomic E-state index is -0.226. The van der Waals surface area contributed by atoms with E-state index in [0.29, 0.717) is 23.3 Å². The molecule has 0 saturated carbocycles. The fourth-order valence-electron chi connectivity index (χ4n) is 2.91. The van der Waals surface area contributed by atoms with Gasteiger partial charge in [0.2, 0.25) is 0 Å². The molecule has 0 bridgehead atoms. The first-order chi connectivity index (χ1) is 13.2. The normalized spacial score (nSPS) is 12.7. The summed E-state index contributed by atoms with van der Waals surface area (Å²) in [7, 11) is 1.68. The summed E-state index contributed by atoms with van der Waals surface area (Å²) in [6.07, 6.45) is 5.33. The van der Waals surface area contributed by atoms with Crippen molar-refractivity contribution < 1.29 is 4.79 Å². The standard InChI is InChI=1S/C20H26N6O2/c1-20(2,3)16(11-26-10-9-21-13-26)23-19(28)25(4)12-17-22-15-8-6-5-7-14(15)18(27)24-17/h5-10,13,16H,11-12H2,1-4H3,(H,23,28)(H,22,24,27)/t16-/m0/s1. The number of H-pyrrole nitrogens is 1. The van der Waals surface area contributed by atoms with E-state index in [9.17, 15) is 9.59 Å². The number of rotatable bonds is 5. The van der Waals surface area contributed by atoms with E-state index in [2.05, 4.69) is 41.0 Å². The third kappa shape index (κ3) is 4.57. The fourth-order valence-corrected chi connectivity index (χ4v) is 2.91. The van der Waals surface area contributed by atoms with E-state index in [4.69, 9.17) is 0 Å². The summed E-state index contributed by atoms with van der Waals surface area (Å²) in [6, 6.07) is 6.82. The van der Waals surface area contributed by atoms with E-state index in [0.717, 1.165) is 0 Å². The molecule has 2 amide bonds. The highest BCUT2D eigenvalue weighted by atomic mass is 16.2. The molecule has 0 aliphatic rings. The molecule has 0 aliphatic carbocycles. The van der Waals surface area contributed by atoms with Crippen LogP contribution in [0.5, 0.6) is 0 Å².